The number of rotatable bonds is 2. The smallest absolute Gasteiger partial charge is 0.231 e. The molecule has 2 nitrogen and oxygen atoms in total. The van der Waals surface area contributed by atoms with E-state index in [0.717, 1.165) is 14.8 Å². The van der Waals surface area contributed by atoms with Gasteiger partial charge in [0.25, 0.3) is 0 Å². The Hall–Kier alpha value is -0.650. The number of carbonyl (C=O) groups is 1. The minimum Gasteiger partial charge on any atom is -0.309 e. The molecular weight excluding hydrogens is 296 g/mol. The normalized spacial score (nSPS) is 14.7. The van der Waals surface area contributed by atoms with Gasteiger partial charge in [0.2, 0.25) is 5.91 Å². The van der Waals surface area contributed by atoms with Crippen molar-refractivity contribution in [1.29, 1.82) is 0 Å². The number of halogens is 2. The van der Waals surface area contributed by atoms with Crippen LogP contribution in [0, 0.1) is 3.57 Å². The Labute approximate surface area is 95.2 Å². The Bertz CT molecular complexity index is 380. The van der Waals surface area contributed by atoms with Crippen molar-refractivity contribution < 1.29 is 9.18 Å². The third kappa shape index (κ3) is 1.63. The molecule has 0 N–H and O–H groups in total. The van der Waals surface area contributed by atoms with Gasteiger partial charge in [-0.15, -0.1) is 0 Å². The second kappa shape index (κ2) is 3.84. The van der Waals surface area contributed by atoms with Crippen molar-refractivity contribution in [1.82, 2.24) is 0 Å². The SMILES string of the molecule is O=C1Cc2cc(I)ccc2N1CCF. The van der Waals surface area contributed by atoms with Crippen LogP contribution in [0.2, 0.25) is 0 Å². The fourth-order valence-electron chi connectivity index (χ4n) is 1.68. The van der Waals surface area contributed by atoms with Crippen molar-refractivity contribution in [3.8, 4) is 0 Å². The maximum absolute atomic E-state index is 12.2. The molecule has 74 valence electrons. The van der Waals surface area contributed by atoms with Crippen molar-refractivity contribution in [2.45, 2.75) is 6.42 Å². The van der Waals surface area contributed by atoms with Gasteiger partial charge in [-0.25, -0.2) is 4.39 Å². The maximum Gasteiger partial charge on any atom is 0.231 e. The van der Waals surface area contributed by atoms with Crippen LogP contribution in [-0.2, 0) is 11.2 Å². The topological polar surface area (TPSA) is 20.3 Å². The Balaban J connectivity index is 2.37. The van der Waals surface area contributed by atoms with E-state index >= 15 is 0 Å². The van der Waals surface area contributed by atoms with E-state index in [1.54, 1.807) is 0 Å². The van der Waals surface area contributed by atoms with Gasteiger partial charge in [-0.3, -0.25) is 4.79 Å². The zero-order chi connectivity index (χ0) is 10.1. The van der Waals surface area contributed by atoms with E-state index in [-0.39, 0.29) is 12.5 Å². The van der Waals surface area contributed by atoms with Gasteiger partial charge >= 0.3 is 0 Å². The molecule has 0 radical (unpaired) electrons. The van der Waals surface area contributed by atoms with E-state index in [4.69, 9.17) is 0 Å². The summed E-state index contributed by atoms with van der Waals surface area (Å²) in [5.41, 5.74) is 1.88. The van der Waals surface area contributed by atoms with E-state index in [1.165, 1.54) is 4.90 Å². The Kier molecular flexibility index (Phi) is 2.71. The van der Waals surface area contributed by atoms with E-state index in [1.807, 2.05) is 18.2 Å². The van der Waals surface area contributed by atoms with Crippen molar-refractivity contribution in [2.24, 2.45) is 0 Å². The van der Waals surface area contributed by atoms with Crippen LogP contribution in [0.15, 0.2) is 18.2 Å². The number of carbonyl (C=O) groups excluding carboxylic acids is 1. The van der Waals surface area contributed by atoms with Gasteiger partial charge in [-0.2, -0.15) is 0 Å². The molecule has 0 bridgehead atoms. The highest BCUT2D eigenvalue weighted by atomic mass is 127. The van der Waals surface area contributed by atoms with Gasteiger partial charge < -0.3 is 4.90 Å². The van der Waals surface area contributed by atoms with Gasteiger partial charge in [-0.1, -0.05) is 0 Å². The summed E-state index contributed by atoms with van der Waals surface area (Å²) >= 11 is 2.20. The zero-order valence-corrected chi connectivity index (χ0v) is 9.62. The molecule has 0 spiro atoms. The summed E-state index contributed by atoms with van der Waals surface area (Å²) in [7, 11) is 0. The highest BCUT2D eigenvalue weighted by Gasteiger charge is 2.26. The quantitative estimate of drug-likeness (QED) is 0.767. The number of amides is 1. The molecule has 4 heteroatoms. The van der Waals surface area contributed by atoms with Crippen molar-refractivity contribution >= 4 is 34.2 Å². The predicted octanol–water partition coefficient (Wildman–Crippen LogP) is 2.15. The second-order valence-electron chi connectivity index (χ2n) is 3.18. The molecule has 0 fully saturated rings. The van der Waals surface area contributed by atoms with Gasteiger partial charge in [0.1, 0.15) is 6.67 Å². The van der Waals surface area contributed by atoms with Crippen LogP contribution in [-0.4, -0.2) is 19.1 Å². The fourth-order valence-corrected chi connectivity index (χ4v) is 2.24. The number of fused-ring (bicyclic) bond motifs is 1. The van der Waals surface area contributed by atoms with Crippen LogP contribution >= 0.6 is 22.6 Å². The number of alkyl halides is 1. The monoisotopic (exact) mass is 305 g/mol. The number of anilines is 1. The molecule has 0 aromatic heterocycles. The van der Waals surface area contributed by atoms with Crippen LogP contribution < -0.4 is 4.90 Å². The summed E-state index contributed by atoms with van der Waals surface area (Å²) in [4.78, 5) is 13.0. The Morgan fingerprint density at radius 1 is 1.50 bits per heavy atom. The van der Waals surface area contributed by atoms with Gasteiger partial charge in [0.15, 0.2) is 0 Å². The predicted molar refractivity (Wildman–Crippen MR) is 61.2 cm³/mol. The van der Waals surface area contributed by atoms with E-state index in [9.17, 15) is 9.18 Å². The summed E-state index contributed by atoms with van der Waals surface area (Å²) in [6.45, 7) is -0.316. The lowest BCUT2D eigenvalue weighted by molar-refractivity contribution is -0.117. The highest BCUT2D eigenvalue weighted by Crippen LogP contribution is 2.29. The molecule has 1 aliphatic rings. The van der Waals surface area contributed by atoms with Gasteiger partial charge in [-0.05, 0) is 46.4 Å². The largest absolute Gasteiger partial charge is 0.309 e. The number of hydrogen-bond acceptors (Lipinski definition) is 1. The summed E-state index contributed by atoms with van der Waals surface area (Å²) in [5, 5.41) is 0. The van der Waals surface area contributed by atoms with E-state index < -0.39 is 6.67 Å². The third-order valence-electron chi connectivity index (χ3n) is 2.28. The molecule has 0 saturated heterocycles. The molecule has 1 aromatic carbocycles. The summed E-state index contributed by atoms with van der Waals surface area (Å²) in [6.07, 6.45) is 0.409. The molecular formula is C10H9FINO. The molecule has 1 aromatic rings. The van der Waals surface area contributed by atoms with Crippen LogP contribution in [0.25, 0.3) is 0 Å². The maximum atomic E-state index is 12.2. The first-order valence-corrected chi connectivity index (χ1v) is 5.45. The molecule has 0 aliphatic carbocycles. The highest BCUT2D eigenvalue weighted by molar-refractivity contribution is 14.1. The standard InChI is InChI=1S/C10H9FINO/c11-3-4-13-9-2-1-8(12)5-7(9)6-10(13)14/h1-2,5H,3-4,6H2. The minimum atomic E-state index is -0.489. The molecule has 0 unspecified atom stereocenters. The van der Waals surface area contributed by atoms with Crippen LogP contribution in [0.4, 0.5) is 10.1 Å². The number of benzene rings is 1. The summed E-state index contributed by atoms with van der Waals surface area (Å²) < 4.78 is 13.3. The summed E-state index contributed by atoms with van der Waals surface area (Å²) in [6, 6.07) is 5.80. The molecule has 14 heavy (non-hydrogen) atoms. The van der Waals surface area contributed by atoms with Crippen molar-refractivity contribution in [2.75, 3.05) is 18.1 Å². The number of nitrogens with zero attached hydrogens (tertiary/aromatic N) is 1. The first-order chi connectivity index (χ1) is 6.72. The third-order valence-corrected chi connectivity index (χ3v) is 2.95. The first-order valence-electron chi connectivity index (χ1n) is 4.37. The lowest BCUT2D eigenvalue weighted by Crippen LogP contribution is -2.28. The second-order valence-corrected chi connectivity index (χ2v) is 4.43. The van der Waals surface area contributed by atoms with Crippen molar-refractivity contribution in [3.05, 3.63) is 27.3 Å². The Morgan fingerprint density at radius 2 is 2.29 bits per heavy atom. The minimum absolute atomic E-state index is 0.000324. The number of hydrogen-bond donors (Lipinski definition) is 0. The van der Waals surface area contributed by atoms with Crippen LogP contribution in [0.3, 0.4) is 0 Å². The van der Waals surface area contributed by atoms with E-state index in [0.29, 0.717) is 6.42 Å². The average molecular weight is 305 g/mol. The molecule has 1 aliphatic heterocycles. The van der Waals surface area contributed by atoms with Crippen molar-refractivity contribution in [3.63, 3.8) is 0 Å². The fraction of sp³-hybridized carbons (Fsp3) is 0.300. The molecule has 1 amide bonds. The average Bonchev–Trinajstić information content (AvgIpc) is 2.43. The van der Waals surface area contributed by atoms with Crippen LogP contribution in [0.1, 0.15) is 5.56 Å². The van der Waals surface area contributed by atoms with Gasteiger partial charge in [0, 0.05) is 9.26 Å². The molecule has 2 rings (SSSR count). The zero-order valence-electron chi connectivity index (χ0n) is 7.46. The lowest BCUT2D eigenvalue weighted by Gasteiger charge is -2.14. The van der Waals surface area contributed by atoms with E-state index in [2.05, 4.69) is 22.6 Å². The van der Waals surface area contributed by atoms with Crippen LogP contribution in [0.5, 0.6) is 0 Å². The molecule has 1 heterocycles. The lowest BCUT2D eigenvalue weighted by atomic mass is 10.2. The van der Waals surface area contributed by atoms with Gasteiger partial charge in [0.05, 0.1) is 13.0 Å². The molecule has 0 atom stereocenters. The molecule has 0 saturated carbocycles. The Morgan fingerprint density at radius 3 is 3.00 bits per heavy atom. The first kappa shape index (κ1) is 9.89. The summed E-state index contributed by atoms with van der Waals surface area (Å²) in [5.74, 6) is -0.000324.